The third-order valence-electron chi connectivity index (χ3n) is 1.78. The van der Waals surface area contributed by atoms with Gasteiger partial charge in [-0.1, -0.05) is 23.4 Å². The Bertz CT molecular complexity index is 461. The van der Waals surface area contributed by atoms with Crippen LogP contribution in [0.25, 0.3) is 0 Å². The van der Waals surface area contributed by atoms with Gasteiger partial charge < -0.3 is 5.32 Å². The van der Waals surface area contributed by atoms with Crippen molar-refractivity contribution in [3.05, 3.63) is 27.8 Å². The highest BCUT2D eigenvalue weighted by Crippen LogP contribution is 2.18. The summed E-state index contributed by atoms with van der Waals surface area (Å²) in [7, 11) is 0. The predicted octanol–water partition coefficient (Wildman–Crippen LogP) is 2.92. The van der Waals surface area contributed by atoms with Crippen LogP contribution in [0.5, 0.6) is 0 Å². The first kappa shape index (κ1) is 11.6. The van der Waals surface area contributed by atoms with Gasteiger partial charge in [0, 0.05) is 17.1 Å². The summed E-state index contributed by atoms with van der Waals surface area (Å²) >= 11 is 8.94. The fourth-order valence-corrected chi connectivity index (χ4v) is 2.23. The van der Waals surface area contributed by atoms with Gasteiger partial charge in [-0.25, -0.2) is 9.97 Å². The van der Waals surface area contributed by atoms with Gasteiger partial charge in [0.15, 0.2) is 5.16 Å². The highest BCUT2D eigenvalue weighted by molar-refractivity contribution is 7.98. The van der Waals surface area contributed by atoms with Crippen molar-refractivity contribution in [2.24, 2.45) is 0 Å². The Morgan fingerprint density at radius 3 is 3.06 bits per heavy atom. The highest BCUT2D eigenvalue weighted by Gasteiger charge is 2.02. The standard InChI is InChI=1S/C9H9ClN4S2/c1-15-9-13-7(10)2-8(14-9)12-4-6-3-11-5-16-6/h2-3,5H,4H2,1H3,(H,12,13,14). The quantitative estimate of drug-likeness (QED) is 0.527. The van der Waals surface area contributed by atoms with Crippen molar-refractivity contribution in [2.75, 3.05) is 11.6 Å². The predicted molar refractivity (Wildman–Crippen MR) is 68.3 cm³/mol. The highest BCUT2D eigenvalue weighted by atomic mass is 35.5. The molecular weight excluding hydrogens is 264 g/mol. The van der Waals surface area contributed by atoms with Gasteiger partial charge in [-0.3, -0.25) is 4.98 Å². The number of nitrogens with one attached hydrogen (secondary N) is 1. The Balaban J connectivity index is 2.06. The van der Waals surface area contributed by atoms with Gasteiger partial charge in [-0.15, -0.1) is 11.3 Å². The van der Waals surface area contributed by atoms with E-state index in [2.05, 4.69) is 20.3 Å². The van der Waals surface area contributed by atoms with Crippen molar-refractivity contribution in [1.29, 1.82) is 0 Å². The lowest BCUT2D eigenvalue weighted by molar-refractivity contribution is 0.959. The van der Waals surface area contributed by atoms with Crippen molar-refractivity contribution in [3.8, 4) is 0 Å². The molecule has 0 atom stereocenters. The molecular formula is C9H9ClN4S2. The molecule has 84 valence electrons. The molecule has 0 radical (unpaired) electrons. The van der Waals surface area contributed by atoms with E-state index >= 15 is 0 Å². The molecule has 0 spiro atoms. The van der Waals surface area contributed by atoms with E-state index in [-0.39, 0.29) is 0 Å². The van der Waals surface area contributed by atoms with E-state index in [0.29, 0.717) is 16.9 Å². The number of hydrogen-bond donors (Lipinski definition) is 1. The van der Waals surface area contributed by atoms with Gasteiger partial charge in [0.25, 0.3) is 0 Å². The molecule has 0 aromatic carbocycles. The minimum Gasteiger partial charge on any atom is -0.365 e. The van der Waals surface area contributed by atoms with E-state index in [9.17, 15) is 0 Å². The summed E-state index contributed by atoms with van der Waals surface area (Å²) in [5, 5.41) is 4.30. The lowest BCUT2D eigenvalue weighted by Gasteiger charge is -2.05. The fourth-order valence-electron chi connectivity index (χ4n) is 1.09. The number of thioether (sulfide) groups is 1. The molecule has 0 bridgehead atoms. The summed E-state index contributed by atoms with van der Waals surface area (Å²) in [6, 6.07) is 1.71. The van der Waals surface area contributed by atoms with Gasteiger partial charge in [0.2, 0.25) is 0 Å². The van der Waals surface area contributed by atoms with E-state index in [1.54, 1.807) is 22.9 Å². The molecule has 2 heterocycles. The lowest BCUT2D eigenvalue weighted by Crippen LogP contribution is -2.01. The van der Waals surface area contributed by atoms with E-state index in [1.807, 2.05) is 12.5 Å². The summed E-state index contributed by atoms with van der Waals surface area (Å²) in [5.74, 6) is 0.734. The monoisotopic (exact) mass is 272 g/mol. The number of anilines is 1. The molecule has 0 saturated heterocycles. The maximum absolute atomic E-state index is 5.88. The van der Waals surface area contributed by atoms with E-state index in [4.69, 9.17) is 11.6 Å². The van der Waals surface area contributed by atoms with Crippen LogP contribution in [0, 0.1) is 0 Å². The summed E-state index contributed by atoms with van der Waals surface area (Å²) < 4.78 is 0. The van der Waals surface area contributed by atoms with Crippen LogP contribution in [-0.4, -0.2) is 21.2 Å². The Morgan fingerprint density at radius 2 is 2.38 bits per heavy atom. The number of hydrogen-bond acceptors (Lipinski definition) is 6. The summed E-state index contributed by atoms with van der Waals surface area (Å²) in [6.45, 7) is 0.700. The molecule has 16 heavy (non-hydrogen) atoms. The van der Waals surface area contributed by atoms with Crippen molar-refractivity contribution in [1.82, 2.24) is 15.0 Å². The smallest absolute Gasteiger partial charge is 0.190 e. The van der Waals surface area contributed by atoms with Gasteiger partial charge in [0.1, 0.15) is 11.0 Å². The maximum atomic E-state index is 5.88. The number of halogens is 1. The fraction of sp³-hybridized carbons (Fsp3) is 0.222. The van der Waals surface area contributed by atoms with E-state index < -0.39 is 0 Å². The van der Waals surface area contributed by atoms with Gasteiger partial charge >= 0.3 is 0 Å². The van der Waals surface area contributed by atoms with Crippen molar-refractivity contribution in [2.45, 2.75) is 11.7 Å². The van der Waals surface area contributed by atoms with Crippen LogP contribution in [0.15, 0.2) is 22.9 Å². The average Bonchev–Trinajstić information content (AvgIpc) is 2.78. The number of nitrogens with zero attached hydrogens (tertiary/aromatic N) is 3. The molecule has 0 aliphatic carbocycles. The molecule has 0 amide bonds. The van der Waals surface area contributed by atoms with Crippen molar-refractivity contribution in [3.63, 3.8) is 0 Å². The average molecular weight is 273 g/mol. The minimum atomic E-state index is 0.450. The van der Waals surface area contributed by atoms with Crippen LogP contribution >= 0.6 is 34.7 Å². The molecule has 0 unspecified atom stereocenters. The van der Waals surface area contributed by atoms with Crippen LogP contribution in [0.4, 0.5) is 5.82 Å². The Hall–Kier alpha value is -0.850. The molecule has 1 N–H and O–H groups in total. The zero-order chi connectivity index (χ0) is 11.4. The first-order valence-electron chi connectivity index (χ1n) is 4.48. The van der Waals surface area contributed by atoms with E-state index in [1.165, 1.54) is 11.8 Å². The first-order valence-corrected chi connectivity index (χ1v) is 6.96. The second-order valence-corrected chi connectivity index (χ2v) is 5.02. The summed E-state index contributed by atoms with van der Waals surface area (Å²) in [6.07, 6.45) is 3.74. The zero-order valence-electron chi connectivity index (χ0n) is 8.48. The van der Waals surface area contributed by atoms with Crippen LogP contribution in [0.3, 0.4) is 0 Å². The van der Waals surface area contributed by atoms with Crippen LogP contribution in [0.2, 0.25) is 5.15 Å². The second-order valence-electron chi connectivity index (χ2n) is 2.88. The lowest BCUT2D eigenvalue weighted by atomic mass is 10.5. The second kappa shape index (κ2) is 5.47. The molecule has 0 aliphatic rings. The molecule has 0 aliphatic heterocycles. The molecule has 2 aromatic heterocycles. The Morgan fingerprint density at radius 1 is 1.50 bits per heavy atom. The van der Waals surface area contributed by atoms with Crippen LogP contribution < -0.4 is 5.32 Å². The van der Waals surface area contributed by atoms with Gasteiger partial charge in [-0.2, -0.15) is 0 Å². The van der Waals surface area contributed by atoms with Gasteiger partial charge in [0.05, 0.1) is 12.1 Å². The Kier molecular flexibility index (Phi) is 3.98. The zero-order valence-corrected chi connectivity index (χ0v) is 10.9. The summed E-state index contributed by atoms with van der Waals surface area (Å²) in [5.41, 5.74) is 1.80. The largest absolute Gasteiger partial charge is 0.365 e. The molecule has 0 saturated carbocycles. The molecule has 7 heteroatoms. The topological polar surface area (TPSA) is 50.7 Å². The molecule has 2 aromatic rings. The van der Waals surface area contributed by atoms with Crippen LogP contribution in [0.1, 0.15) is 4.88 Å². The van der Waals surface area contributed by atoms with Gasteiger partial charge in [-0.05, 0) is 6.26 Å². The number of aromatic nitrogens is 3. The SMILES string of the molecule is CSc1nc(Cl)cc(NCc2cncs2)n1. The summed E-state index contributed by atoms with van der Waals surface area (Å²) in [4.78, 5) is 13.5. The molecule has 2 rings (SSSR count). The van der Waals surface area contributed by atoms with Crippen LogP contribution in [-0.2, 0) is 6.54 Å². The van der Waals surface area contributed by atoms with Crippen molar-refractivity contribution >= 4 is 40.5 Å². The number of rotatable bonds is 4. The third-order valence-corrected chi connectivity index (χ3v) is 3.31. The molecule has 0 fully saturated rings. The number of thiazole rings is 1. The molecule has 4 nitrogen and oxygen atoms in total. The Labute approximate surface area is 106 Å². The normalized spacial score (nSPS) is 10.4. The maximum Gasteiger partial charge on any atom is 0.190 e. The minimum absolute atomic E-state index is 0.450. The third kappa shape index (κ3) is 3.07. The first-order chi connectivity index (χ1) is 7.78. The van der Waals surface area contributed by atoms with E-state index in [0.717, 1.165) is 10.7 Å². The van der Waals surface area contributed by atoms with Crippen molar-refractivity contribution < 1.29 is 0 Å².